The van der Waals surface area contributed by atoms with Crippen molar-refractivity contribution in [2.24, 2.45) is 0 Å². The lowest BCUT2D eigenvalue weighted by Gasteiger charge is -2.35. The third kappa shape index (κ3) is 5.07. The molecule has 1 fully saturated rings. The maximum absolute atomic E-state index is 14.4. The molecule has 0 aliphatic carbocycles. The largest absolute Gasteiger partial charge is 0.444 e. The first-order valence-corrected chi connectivity index (χ1v) is 9.06. The minimum absolute atomic E-state index is 0.0172. The molecule has 134 valence electrons. The molecule has 1 aliphatic heterocycles. The summed E-state index contributed by atoms with van der Waals surface area (Å²) in [6.45, 7) is 6.69. The van der Waals surface area contributed by atoms with Crippen LogP contribution in [-0.4, -0.2) is 35.8 Å². The van der Waals surface area contributed by atoms with Crippen molar-refractivity contribution in [3.8, 4) is 0 Å². The van der Waals surface area contributed by atoms with Gasteiger partial charge in [-0.25, -0.2) is 9.18 Å². The van der Waals surface area contributed by atoms with Crippen LogP contribution in [0.15, 0.2) is 16.6 Å². The Morgan fingerprint density at radius 3 is 2.62 bits per heavy atom. The van der Waals surface area contributed by atoms with E-state index in [4.69, 9.17) is 21.1 Å². The molecule has 1 aromatic rings. The monoisotopic (exact) mass is 421 g/mol. The van der Waals surface area contributed by atoms with Crippen LogP contribution in [0.1, 0.15) is 39.2 Å². The lowest BCUT2D eigenvalue weighted by atomic mass is 10.1. The van der Waals surface area contributed by atoms with Crippen molar-refractivity contribution < 1.29 is 18.7 Å². The van der Waals surface area contributed by atoms with Crippen molar-refractivity contribution in [1.29, 1.82) is 0 Å². The maximum Gasteiger partial charge on any atom is 0.410 e. The number of amides is 1. The molecule has 24 heavy (non-hydrogen) atoms. The van der Waals surface area contributed by atoms with Crippen molar-refractivity contribution in [2.75, 3.05) is 13.2 Å². The number of ether oxygens (including phenoxy) is 2. The number of halogens is 3. The third-order valence-electron chi connectivity index (χ3n) is 3.72. The van der Waals surface area contributed by atoms with Gasteiger partial charge in [0.05, 0.1) is 11.6 Å². The van der Waals surface area contributed by atoms with E-state index in [0.29, 0.717) is 36.1 Å². The van der Waals surface area contributed by atoms with E-state index in [2.05, 4.69) is 15.9 Å². The van der Waals surface area contributed by atoms with Crippen molar-refractivity contribution >= 4 is 33.6 Å². The molecule has 1 aliphatic rings. The SMILES string of the molecule is CC(C)(C)OC(=O)N(Cc1ccc(Br)c(Cl)c1F)C1CCOCC1. The van der Waals surface area contributed by atoms with Crippen molar-refractivity contribution in [3.63, 3.8) is 0 Å². The molecule has 0 radical (unpaired) electrons. The topological polar surface area (TPSA) is 38.8 Å². The molecule has 0 N–H and O–H groups in total. The fourth-order valence-electron chi connectivity index (χ4n) is 2.53. The van der Waals surface area contributed by atoms with Crippen LogP contribution in [-0.2, 0) is 16.0 Å². The van der Waals surface area contributed by atoms with Gasteiger partial charge in [0, 0.05) is 29.3 Å². The molecule has 0 spiro atoms. The van der Waals surface area contributed by atoms with E-state index in [1.807, 2.05) is 20.8 Å². The van der Waals surface area contributed by atoms with Crippen LogP contribution in [0.25, 0.3) is 0 Å². The number of nitrogens with zero attached hydrogens (tertiary/aromatic N) is 1. The summed E-state index contributed by atoms with van der Waals surface area (Å²) in [5.41, 5.74) is -0.253. The summed E-state index contributed by atoms with van der Waals surface area (Å²) in [4.78, 5) is 14.2. The molecule has 1 heterocycles. The number of hydrogen-bond acceptors (Lipinski definition) is 3. The molecule has 0 atom stereocenters. The van der Waals surface area contributed by atoms with Gasteiger partial charge in [-0.05, 0) is 55.6 Å². The number of carbonyl (C=O) groups excluding carboxylic acids is 1. The second-order valence-corrected chi connectivity index (χ2v) is 8.02. The second-order valence-electron chi connectivity index (χ2n) is 6.79. The molecule has 0 bridgehead atoms. The minimum Gasteiger partial charge on any atom is -0.444 e. The van der Waals surface area contributed by atoms with Crippen LogP contribution >= 0.6 is 27.5 Å². The van der Waals surface area contributed by atoms with E-state index >= 15 is 0 Å². The van der Waals surface area contributed by atoms with E-state index in [1.165, 1.54) is 0 Å². The number of rotatable bonds is 3. The average Bonchev–Trinajstić information content (AvgIpc) is 2.51. The first kappa shape index (κ1) is 19.5. The van der Waals surface area contributed by atoms with Crippen LogP contribution in [0.5, 0.6) is 0 Å². The van der Waals surface area contributed by atoms with Gasteiger partial charge in [0.2, 0.25) is 0 Å². The molecule has 1 aromatic carbocycles. The summed E-state index contributed by atoms with van der Waals surface area (Å²) in [5.74, 6) is -0.522. The lowest BCUT2D eigenvalue weighted by molar-refractivity contribution is -0.00830. The first-order chi connectivity index (χ1) is 11.2. The highest BCUT2D eigenvalue weighted by atomic mass is 79.9. The van der Waals surface area contributed by atoms with Crippen molar-refractivity contribution in [3.05, 3.63) is 33.0 Å². The normalized spacial score (nSPS) is 16.1. The van der Waals surface area contributed by atoms with Crippen molar-refractivity contribution in [1.82, 2.24) is 4.90 Å². The Kier molecular flexibility index (Phi) is 6.51. The molecular weight excluding hydrogens is 401 g/mol. The Balaban J connectivity index is 2.25. The fourth-order valence-corrected chi connectivity index (χ4v) is 3.02. The van der Waals surface area contributed by atoms with Crippen LogP contribution in [0.4, 0.5) is 9.18 Å². The van der Waals surface area contributed by atoms with Gasteiger partial charge in [-0.1, -0.05) is 17.7 Å². The summed E-state index contributed by atoms with van der Waals surface area (Å²) in [5, 5.41) is 0.0172. The van der Waals surface area contributed by atoms with Gasteiger partial charge in [-0.15, -0.1) is 0 Å². The molecule has 1 amide bonds. The van der Waals surface area contributed by atoms with E-state index in [9.17, 15) is 9.18 Å². The van der Waals surface area contributed by atoms with Gasteiger partial charge in [-0.2, -0.15) is 0 Å². The number of carbonyl (C=O) groups is 1. The van der Waals surface area contributed by atoms with Gasteiger partial charge in [-0.3, -0.25) is 0 Å². The van der Waals surface area contributed by atoms with Gasteiger partial charge in [0.25, 0.3) is 0 Å². The molecule has 0 unspecified atom stereocenters. The molecule has 4 nitrogen and oxygen atoms in total. The zero-order valence-corrected chi connectivity index (χ0v) is 16.4. The highest BCUT2D eigenvalue weighted by Gasteiger charge is 2.30. The molecule has 1 saturated heterocycles. The zero-order chi connectivity index (χ0) is 17.9. The Morgan fingerprint density at radius 2 is 2.04 bits per heavy atom. The van der Waals surface area contributed by atoms with Crippen molar-refractivity contribution in [2.45, 2.75) is 51.8 Å². The minimum atomic E-state index is -0.615. The highest BCUT2D eigenvalue weighted by Crippen LogP contribution is 2.29. The summed E-state index contributed by atoms with van der Waals surface area (Å²) in [7, 11) is 0. The van der Waals surface area contributed by atoms with Gasteiger partial charge >= 0.3 is 6.09 Å². The molecule has 2 rings (SSSR count). The molecular formula is C17H22BrClFNO3. The van der Waals surface area contributed by atoms with Gasteiger partial charge in [0.15, 0.2) is 0 Å². The van der Waals surface area contributed by atoms with Crippen LogP contribution in [0, 0.1) is 5.82 Å². The first-order valence-electron chi connectivity index (χ1n) is 7.89. The zero-order valence-electron chi connectivity index (χ0n) is 14.1. The number of hydrogen-bond donors (Lipinski definition) is 0. The van der Waals surface area contributed by atoms with Crippen LogP contribution < -0.4 is 0 Å². The predicted molar refractivity (Wildman–Crippen MR) is 94.7 cm³/mol. The Labute approximate surface area is 155 Å². The van der Waals surface area contributed by atoms with E-state index in [1.54, 1.807) is 17.0 Å². The third-order valence-corrected chi connectivity index (χ3v) is 4.97. The fraction of sp³-hybridized carbons (Fsp3) is 0.588. The quantitative estimate of drug-likeness (QED) is 0.632. The number of benzene rings is 1. The van der Waals surface area contributed by atoms with E-state index in [-0.39, 0.29) is 17.6 Å². The Morgan fingerprint density at radius 1 is 1.42 bits per heavy atom. The van der Waals surface area contributed by atoms with E-state index < -0.39 is 17.5 Å². The summed E-state index contributed by atoms with van der Waals surface area (Å²) >= 11 is 9.16. The van der Waals surface area contributed by atoms with Crippen LogP contribution in [0.2, 0.25) is 5.02 Å². The Hall–Kier alpha value is -0.850. The average molecular weight is 423 g/mol. The maximum atomic E-state index is 14.4. The molecule has 0 aromatic heterocycles. The summed E-state index contributed by atoms with van der Waals surface area (Å²) in [6, 6.07) is 3.26. The Bertz CT molecular complexity index is 600. The smallest absolute Gasteiger partial charge is 0.410 e. The molecule has 0 saturated carbocycles. The second kappa shape index (κ2) is 8.02. The molecule has 7 heteroatoms. The highest BCUT2D eigenvalue weighted by molar-refractivity contribution is 9.10. The predicted octanol–water partition coefficient (Wildman–Crippen LogP) is 5.16. The van der Waals surface area contributed by atoms with Crippen LogP contribution in [0.3, 0.4) is 0 Å². The standard InChI is InChI=1S/C17H22BrClFNO3/c1-17(2,3)24-16(22)21(12-6-8-23-9-7-12)10-11-4-5-13(18)14(19)15(11)20/h4-5,12H,6-10H2,1-3H3. The summed E-state index contributed by atoms with van der Waals surface area (Å²) < 4.78 is 25.8. The van der Waals surface area contributed by atoms with Gasteiger partial charge < -0.3 is 14.4 Å². The van der Waals surface area contributed by atoms with E-state index in [0.717, 1.165) is 0 Å². The summed E-state index contributed by atoms with van der Waals surface area (Å²) in [6.07, 6.45) is 0.948. The lowest BCUT2D eigenvalue weighted by Crippen LogP contribution is -2.45. The van der Waals surface area contributed by atoms with Gasteiger partial charge in [0.1, 0.15) is 11.4 Å².